The van der Waals surface area contributed by atoms with Crippen molar-refractivity contribution < 1.29 is 23.9 Å². The summed E-state index contributed by atoms with van der Waals surface area (Å²) in [6, 6.07) is 0. The van der Waals surface area contributed by atoms with Gasteiger partial charge in [-0.3, -0.25) is 14.4 Å². The van der Waals surface area contributed by atoms with Crippen molar-refractivity contribution in [2.24, 2.45) is 11.8 Å². The van der Waals surface area contributed by atoms with E-state index < -0.39 is 18.2 Å². The molecular weight excluding hydrogens is 308 g/mol. The third kappa shape index (κ3) is 6.30. The number of carbonyl (C=O) groups is 3. The largest absolute Gasteiger partial charge is 0.462 e. The molecule has 1 aliphatic carbocycles. The maximum absolute atomic E-state index is 11.6. The number of carbonyl (C=O) groups excluding carboxylic acids is 3. The highest BCUT2D eigenvalue weighted by atomic mass is 16.6. The molecule has 0 aliphatic heterocycles. The minimum atomic E-state index is -0.523. The predicted octanol–water partition coefficient (Wildman–Crippen LogP) is 3.38. The van der Waals surface area contributed by atoms with Gasteiger partial charge < -0.3 is 9.47 Å². The summed E-state index contributed by atoms with van der Waals surface area (Å²) in [7, 11) is 0. The van der Waals surface area contributed by atoms with Gasteiger partial charge in [-0.05, 0) is 37.3 Å². The SMILES string of the molecule is CC(=O)O[C@@H]1/C=C(\C)CC/C=C(/C=O)C[C@@H](OC(C)=O)[C@@H]1C(C)C. The van der Waals surface area contributed by atoms with Crippen LogP contribution in [0.5, 0.6) is 0 Å². The first-order valence-corrected chi connectivity index (χ1v) is 8.40. The molecule has 0 N–H and O–H groups in total. The molecule has 0 saturated heterocycles. The van der Waals surface area contributed by atoms with Crippen LogP contribution in [-0.2, 0) is 23.9 Å². The standard InChI is InChI=1S/C19H28O5/c1-12(2)19-17(23-14(4)21)9-13(3)7-6-8-16(11-20)10-18(19)24-15(5)22/h8-9,11-12,17-19H,6-7,10H2,1-5H3/b13-9+,16-8+/t17-,18-,19-/m1/s1. The van der Waals surface area contributed by atoms with Gasteiger partial charge in [0.15, 0.2) is 0 Å². The topological polar surface area (TPSA) is 69.7 Å². The van der Waals surface area contributed by atoms with Gasteiger partial charge in [0.05, 0.1) is 0 Å². The Morgan fingerprint density at radius 2 is 1.83 bits per heavy atom. The summed E-state index contributed by atoms with van der Waals surface area (Å²) in [5.41, 5.74) is 1.69. The summed E-state index contributed by atoms with van der Waals surface area (Å²) in [5, 5.41) is 0. The Morgan fingerprint density at radius 1 is 1.21 bits per heavy atom. The second-order valence-electron chi connectivity index (χ2n) is 6.70. The smallest absolute Gasteiger partial charge is 0.303 e. The Kier molecular flexibility index (Phi) is 7.89. The number of allylic oxidation sites excluding steroid dienone is 2. The predicted molar refractivity (Wildman–Crippen MR) is 91.2 cm³/mol. The fraction of sp³-hybridized carbons (Fsp3) is 0.632. The monoisotopic (exact) mass is 336 g/mol. The van der Waals surface area contributed by atoms with Crippen molar-refractivity contribution in [2.75, 3.05) is 0 Å². The van der Waals surface area contributed by atoms with Crippen LogP contribution in [0, 0.1) is 11.8 Å². The van der Waals surface area contributed by atoms with Crippen LogP contribution in [0.4, 0.5) is 0 Å². The zero-order valence-electron chi connectivity index (χ0n) is 15.2. The Labute approximate surface area is 144 Å². The van der Waals surface area contributed by atoms with E-state index in [1.54, 1.807) is 0 Å². The normalized spacial score (nSPS) is 29.7. The molecule has 0 aromatic carbocycles. The molecule has 0 aromatic heterocycles. The molecule has 134 valence electrons. The van der Waals surface area contributed by atoms with Crippen LogP contribution in [0.3, 0.4) is 0 Å². The van der Waals surface area contributed by atoms with E-state index in [1.807, 2.05) is 32.9 Å². The molecule has 5 heteroatoms. The quantitative estimate of drug-likeness (QED) is 0.447. The Balaban J connectivity index is 3.33. The van der Waals surface area contributed by atoms with E-state index in [0.29, 0.717) is 12.0 Å². The molecule has 1 aliphatic rings. The lowest BCUT2D eigenvalue weighted by molar-refractivity contribution is -0.158. The first-order valence-electron chi connectivity index (χ1n) is 8.40. The van der Waals surface area contributed by atoms with Gasteiger partial charge in [0.1, 0.15) is 18.5 Å². The molecule has 1 rings (SSSR count). The van der Waals surface area contributed by atoms with Crippen LogP contribution in [-0.4, -0.2) is 30.4 Å². The van der Waals surface area contributed by atoms with Gasteiger partial charge >= 0.3 is 11.9 Å². The molecule has 0 saturated carbocycles. The fourth-order valence-corrected chi connectivity index (χ4v) is 3.17. The molecule has 5 nitrogen and oxygen atoms in total. The molecule has 0 spiro atoms. The Morgan fingerprint density at radius 3 is 2.33 bits per heavy atom. The molecule has 24 heavy (non-hydrogen) atoms. The van der Waals surface area contributed by atoms with Gasteiger partial charge in [-0.2, -0.15) is 0 Å². The first kappa shape index (κ1) is 20.1. The summed E-state index contributed by atoms with van der Waals surface area (Å²) in [6.45, 7) is 8.69. The van der Waals surface area contributed by atoms with Crippen molar-refractivity contribution in [1.82, 2.24) is 0 Å². The lowest BCUT2D eigenvalue weighted by atomic mass is 9.81. The van der Waals surface area contributed by atoms with Crippen LogP contribution in [0.15, 0.2) is 23.3 Å². The Bertz CT molecular complexity index is 530. The number of hydrogen-bond donors (Lipinski definition) is 0. The summed E-state index contributed by atoms with van der Waals surface area (Å²) in [5.74, 6) is -0.918. The number of ether oxygens (including phenoxy) is 2. The summed E-state index contributed by atoms with van der Waals surface area (Å²) >= 11 is 0. The molecule has 0 aromatic rings. The molecule has 3 atom stereocenters. The van der Waals surface area contributed by atoms with Gasteiger partial charge in [-0.25, -0.2) is 0 Å². The van der Waals surface area contributed by atoms with Crippen molar-refractivity contribution in [3.8, 4) is 0 Å². The third-order valence-corrected chi connectivity index (χ3v) is 4.18. The minimum absolute atomic E-state index is 0.0927. The third-order valence-electron chi connectivity index (χ3n) is 4.18. The van der Waals surface area contributed by atoms with Crippen molar-refractivity contribution in [1.29, 1.82) is 0 Å². The van der Waals surface area contributed by atoms with E-state index in [0.717, 1.165) is 24.7 Å². The first-order chi connectivity index (χ1) is 11.2. The molecular formula is C19H28O5. The second-order valence-corrected chi connectivity index (χ2v) is 6.70. The average molecular weight is 336 g/mol. The summed E-state index contributed by atoms with van der Waals surface area (Å²) in [4.78, 5) is 34.5. The zero-order chi connectivity index (χ0) is 18.3. The van der Waals surface area contributed by atoms with Gasteiger partial charge in [0.25, 0.3) is 0 Å². The highest BCUT2D eigenvalue weighted by Crippen LogP contribution is 2.31. The molecule has 0 heterocycles. The van der Waals surface area contributed by atoms with Crippen molar-refractivity contribution in [3.05, 3.63) is 23.3 Å². The lowest BCUT2D eigenvalue weighted by Crippen LogP contribution is -2.40. The van der Waals surface area contributed by atoms with E-state index in [9.17, 15) is 14.4 Å². The van der Waals surface area contributed by atoms with Crippen LogP contribution < -0.4 is 0 Å². The van der Waals surface area contributed by atoms with E-state index >= 15 is 0 Å². The molecule has 0 bridgehead atoms. The van der Waals surface area contributed by atoms with Crippen LogP contribution in [0.25, 0.3) is 0 Å². The lowest BCUT2D eigenvalue weighted by Gasteiger charge is -2.35. The molecule has 0 unspecified atom stereocenters. The van der Waals surface area contributed by atoms with Crippen LogP contribution in [0.2, 0.25) is 0 Å². The van der Waals surface area contributed by atoms with Crippen LogP contribution >= 0.6 is 0 Å². The van der Waals surface area contributed by atoms with E-state index in [2.05, 4.69) is 0 Å². The van der Waals surface area contributed by atoms with Crippen molar-refractivity contribution >= 4 is 18.2 Å². The number of rotatable bonds is 4. The number of hydrogen-bond acceptors (Lipinski definition) is 5. The maximum Gasteiger partial charge on any atom is 0.303 e. The Hall–Kier alpha value is -1.91. The fourth-order valence-electron chi connectivity index (χ4n) is 3.17. The summed E-state index contributed by atoms with van der Waals surface area (Å²) < 4.78 is 11.1. The molecule has 0 radical (unpaired) electrons. The van der Waals surface area contributed by atoms with Crippen molar-refractivity contribution in [2.45, 2.75) is 66.1 Å². The zero-order valence-corrected chi connectivity index (χ0v) is 15.2. The molecule has 0 amide bonds. The minimum Gasteiger partial charge on any atom is -0.462 e. The van der Waals surface area contributed by atoms with Gasteiger partial charge in [0, 0.05) is 26.2 Å². The second kappa shape index (κ2) is 9.40. The van der Waals surface area contributed by atoms with E-state index in [1.165, 1.54) is 13.8 Å². The van der Waals surface area contributed by atoms with Crippen LogP contribution in [0.1, 0.15) is 53.9 Å². The van der Waals surface area contributed by atoms with E-state index in [4.69, 9.17) is 9.47 Å². The highest BCUT2D eigenvalue weighted by molar-refractivity contribution is 5.73. The average Bonchev–Trinajstić information content (AvgIpc) is 2.43. The maximum atomic E-state index is 11.6. The highest BCUT2D eigenvalue weighted by Gasteiger charge is 2.36. The van der Waals surface area contributed by atoms with Crippen molar-refractivity contribution in [3.63, 3.8) is 0 Å². The van der Waals surface area contributed by atoms with E-state index in [-0.39, 0.29) is 17.8 Å². The number of esters is 2. The van der Waals surface area contributed by atoms with Gasteiger partial charge in [-0.1, -0.05) is 25.5 Å². The number of aldehydes is 1. The van der Waals surface area contributed by atoms with Gasteiger partial charge in [-0.15, -0.1) is 0 Å². The molecule has 0 fully saturated rings. The van der Waals surface area contributed by atoms with Gasteiger partial charge in [0.2, 0.25) is 0 Å². The summed E-state index contributed by atoms with van der Waals surface area (Å²) in [6.07, 6.45) is 5.49.